The SMILES string of the molecule is C=CCCC(=O)OC[C@@H](NC(=O)[C@H](CC=C)CC(=O)N[C@H](C)CO)C(=O)OCc1ccccc1. The van der Waals surface area contributed by atoms with Crippen molar-refractivity contribution in [2.24, 2.45) is 5.92 Å². The molecule has 0 fully saturated rings. The highest BCUT2D eigenvalue weighted by atomic mass is 16.6. The fraction of sp³-hybridized carbons (Fsp3) is 0.440. The molecule has 3 N–H and O–H groups in total. The van der Waals surface area contributed by atoms with Crippen LogP contribution in [0.1, 0.15) is 38.2 Å². The van der Waals surface area contributed by atoms with Crippen molar-refractivity contribution in [3.05, 3.63) is 61.2 Å². The third kappa shape index (κ3) is 11.4. The number of carbonyl (C=O) groups is 4. The van der Waals surface area contributed by atoms with Gasteiger partial charge in [0.25, 0.3) is 0 Å². The summed E-state index contributed by atoms with van der Waals surface area (Å²) in [4.78, 5) is 49.7. The average Bonchev–Trinajstić information content (AvgIpc) is 2.83. The van der Waals surface area contributed by atoms with E-state index in [0.717, 1.165) is 5.56 Å². The number of hydrogen-bond acceptors (Lipinski definition) is 7. The number of esters is 2. The zero-order valence-corrected chi connectivity index (χ0v) is 19.5. The van der Waals surface area contributed by atoms with Gasteiger partial charge in [0.15, 0.2) is 6.04 Å². The molecule has 0 aliphatic rings. The first-order chi connectivity index (χ1) is 16.3. The summed E-state index contributed by atoms with van der Waals surface area (Å²) in [5, 5.41) is 14.2. The van der Waals surface area contributed by atoms with Crippen LogP contribution in [0, 0.1) is 5.92 Å². The van der Waals surface area contributed by atoms with Crippen LogP contribution in [0.4, 0.5) is 0 Å². The van der Waals surface area contributed by atoms with Crippen molar-refractivity contribution in [2.75, 3.05) is 13.2 Å². The minimum atomic E-state index is -1.25. The van der Waals surface area contributed by atoms with E-state index in [-0.39, 0.29) is 32.5 Å². The standard InChI is InChI=1S/C25H34N2O7/c1-4-6-13-23(30)33-17-21(25(32)34-16-19-11-8-7-9-12-19)27-24(31)20(10-5-2)14-22(29)26-18(3)15-28/h4-5,7-9,11-12,18,20-21,28H,1-2,6,10,13-17H2,3H3,(H,26,29)(H,27,31)/t18-,20-,21-/m1/s1. The molecule has 0 aromatic heterocycles. The summed E-state index contributed by atoms with van der Waals surface area (Å²) in [6, 6.07) is 7.27. The van der Waals surface area contributed by atoms with E-state index in [1.54, 1.807) is 37.3 Å². The van der Waals surface area contributed by atoms with E-state index < -0.39 is 48.4 Å². The number of hydrogen-bond donors (Lipinski definition) is 3. The highest BCUT2D eigenvalue weighted by molar-refractivity contribution is 5.89. The second kappa shape index (κ2) is 16.2. The minimum Gasteiger partial charge on any atom is -0.463 e. The van der Waals surface area contributed by atoms with Crippen LogP contribution >= 0.6 is 0 Å². The summed E-state index contributed by atoms with van der Waals surface area (Å²) in [6.07, 6.45) is 3.57. The number of amides is 2. The highest BCUT2D eigenvalue weighted by Crippen LogP contribution is 2.12. The summed E-state index contributed by atoms with van der Waals surface area (Å²) in [5.41, 5.74) is 0.753. The Balaban J connectivity index is 2.85. The number of nitrogens with one attached hydrogen (secondary N) is 2. The maximum absolute atomic E-state index is 12.9. The van der Waals surface area contributed by atoms with Gasteiger partial charge in [-0.3, -0.25) is 14.4 Å². The molecule has 1 aromatic carbocycles. The zero-order chi connectivity index (χ0) is 25.3. The lowest BCUT2D eigenvalue weighted by atomic mass is 9.99. The smallest absolute Gasteiger partial charge is 0.332 e. The van der Waals surface area contributed by atoms with Gasteiger partial charge in [-0.1, -0.05) is 42.5 Å². The van der Waals surface area contributed by atoms with Gasteiger partial charge >= 0.3 is 11.9 Å². The molecule has 0 unspecified atom stereocenters. The monoisotopic (exact) mass is 474 g/mol. The van der Waals surface area contributed by atoms with E-state index in [0.29, 0.717) is 6.42 Å². The van der Waals surface area contributed by atoms with Gasteiger partial charge in [0, 0.05) is 18.9 Å². The van der Waals surface area contributed by atoms with Crippen molar-refractivity contribution in [3.63, 3.8) is 0 Å². The van der Waals surface area contributed by atoms with Crippen LogP contribution in [-0.4, -0.2) is 54.2 Å². The Bertz CT molecular complexity index is 826. The molecule has 0 heterocycles. The number of rotatable bonds is 16. The minimum absolute atomic E-state index is 0.0198. The second-order valence-corrected chi connectivity index (χ2v) is 7.74. The Labute approximate surface area is 200 Å². The summed E-state index contributed by atoms with van der Waals surface area (Å²) in [5.74, 6) is -3.15. The van der Waals surface area contributed by atoms with Gasteiger partial charge in [-0.15, -0.1) is 13.2 Å². The number of aliphatic hydroxyl groups is 1. The maximum Gasteiger partial charge on any atom is 0.332 e. The normalized spacial score (nSPS) is 13.0. The first-order valence-corrected chi connectivity index (χ1v) is 11.1. The molecule has 0 bridgehead atoms. The molecule has 0 spiro atoms. The largest absolute Gasteiger partial charge is 0.463 e. The Morgan fingerprint density at radius 2 is 1.76 bits per heavy atom. The van der Waals surface area contributed by atoms with Gasteiger partial charge in [0.05, 0.1) is 12.5 Å². The first-order valence-electron chi connectivity index (χ1n) is 11.1. The third-order valence-corrected chi connectivity index (χ3v) is 4.72. The molecule has 1 aromatic rings. The van der Waals surface area contributed by atoms with Crippen molar-refractivity contribution in [1.82, 2.24) is 10.6 Å². The lowest BCUT2D eigenvalue weighted by Crippen LogP contribution is -2.48. The summed E-state index contributed by atoms with van der Waals surface area (Å²) < 4.78 is 10.4. The van der Waals surface area contributed by atoms with Crippen LogP contribution in [0.15, 0.2) is 55.6 Å². The molecule has 1 rings (SSSR count). The van der Waals surface area contributed by atoms with E-state index in [4.69, 9.17) is 14.6 Å². The molecule has 9 nitrogen and oxygen atoms in total. The van der Waals surface area contributed by atoms with Crippen molar-refractivity contribution in [3.8, 4) is 0 Å². The van der Waals surface area contributed by atoms with Gasteiger partial charge in [-0.2, -0.15) is 0 Å². The molecule has 0 saturated carbocycles. The average molecular weight is 475 g/mol. The number of allylic oxidation sites excluding steroid dienone is 2. The van der Waals surface area contributed by atoms with Crippen LogP contribution in [0.25, 0.3) is 0 Å². The van der Waals surface area contributed by atoms with Crippen LogP contribution in [0.2, 0.25) is 0 Å². The summed E-state index contributed by atoms with van der Waals surface area (Å²) in [7, 11) is 0. The van der Waals surface area contributed by atoms with E-state index in [1.807, 2.05) is 6.07 Å². The van der Waals surface area contributed by atoms with Gasteiger partial charge in [0.2, 0.25) is 11.8 Å². The molecule has 3 atom stereocenters. The Morgan fingerprint density at radius 3 is 2.38 bits per heavy atom. The Kier molecular flexibility index (Phi) is 13.6. The van der Waals surface area contributed by atoms with E-state index in [1.165, 1.54) is 6.08 Å². The van der Waals surface area contributed by atoms with E-state index in [9.17, 15) is 19.2 Å². The van der Waals surface area contributed by atoms with Crippen LogP contribution in [0.5, 0.6) is 0 Å². The molecular weight excluding hydrogens is 440 g/mol. The van der Waals surface area contributed by atoms with Crippen LogP contribution in [0.3, 0.4) is 0 Å². The molecule has 9 heteroatoms. The highest BCUT2D eigenvalue weighted by Gasteiger charge is 2.29. The number of benzene rings is 1. The first kappa shape index (κ1) is 28.6. The van der Waals surface area contributed by atoms with Crippen LogP contribution in [-0.2, 0) is 35.3 Å². The summed E-state index contributed by atoms with van der Waals surface area (Å²) >= 11 is 0. The molecule has 186 valence electrons. The predicted molar refractivity (Wildman–Crippen MR) is 126 cm³/mol. The molecule has 0 aliphatic carbocycles. The Hall–Kier alpha value is -3.46. The predicted octanol–water partition coefficient (Wildman–Crippen LogP) is 1.80. The molecule has 2 amide bonds. The topological polar surface area (TPSA) is 131 Å². The third-order valence-electron chi connectivity index (χ3n) is 4.72. The molecule has 0 radical (unpaired) electrons. The number of aliphatic hydroxyl groups excluding tert-OH is 1. The van der Waals surface area contributed by atoms with Gasteiger partial charge in [0.1, 0.15) is 13.2 Å². The van der Waals surface area contributed by atoms with Crippen molar-refractivity contribution >= 4 is 23.8 Å². The van der Waals surface area contributed by atoms with Crippen molar-refractivity contribution in [1.29, 1.82) is 0 Å². The quantitative estimate of drug-likeness (QED) is 0.246. The fourth-order valence-electron chi connectivity index (χ4n) is 2.84. The fourth-order valence-corrected chi connectivity index (χ4v) is 2.84. The number of carbonyl (C=O) groups excluding carboxylic acids is 4. The lowest BCUT2D eigenvalue weighted by molar-refractivity contribution is -0.155. The zero-order valence-electron chi connectivity index (χ0n) is 19.5. The second-order valence-electron chi connectivity index (χ2n) is 7.74. The molecular formula is C25H34N2O7. The Morgan fingerprint density at radius 1 is 1.06 bits per heavy atom. The van der Waals surface area contributed by atoms with Gasteiger partial charge < -0.3 is 25.2 Å². The van der Waals surface area contributed by atoms with E-state index in [2.05, 4.69) is 23.8 Å². The van der Waals surface area contributed by atoms with Crippen LogP contribution < -0.4 is 10.6 Å². The van der Waals surface area contributed by atoms with Crippen molar-refractivity contribution in [2.45, 2.75) is 51.3 Å². The summed E-state index contributed by atoms with van der Waals surface area (Å²) in [6.45, 7) is 8.10. The lowest BCUT2D eigenvalue weighted by Gasteiger charge is -2.21. The van der Waals surface area contributed by atoms with Gasteiger partial charge in [-0.05, 0) is 25.3 Å². The molecule has 0 aliphatic heterocycles. The molecule has 34 heavy (non-hydrogen) atoms. The van der Waals surface area contributed by atoms with E-state index >= 15 is 0 Å². The van der Waals surface area contributed by atoms with Crippen molar-refractivity contribution < 1.29 is 33.8 Å². The molecule has 0 saturated heterocycles. The maximum atomic E-state index is 12.9. The van der Waals surface area contributed by atoms with Gasteiger partial charge in [-0.25, -0.2) is 4.79 Å². The number of ether oxygens (including phenoxy) is 2.